The van der Waals surface area contributed by atoms with Crippen LogP contribution < -0.4 is 0 Å². The van der Waals surface area contributed by atoms with Crippen LogP contribution in [0, 0.1) is 0 Å². The Balaban J connectivity index is 1.94. The summed E-state index contributed by atoms with van der Waals surface area (Å²) in [6, 6.07) is -1.00. The summed E-state index contributed by atoms with van der Waals surface area (Å²) in [5, 5.41) is 6.26. The Hall–Kier alpha value is -2.55. The molecule has 3 amide bonds. The number of fused-ring (bicyclic) bond motifs is 2. The number of hydrogen-bond donors (Lipinski definition) is 0. The molecule has 25 heavy (non-hydrogen) atoms. The van der Waals surface area contributed by atoms with E-state index in [1.807, 2.05) is 18.4 Å². The fourth-order valence-corrected chi connectivity index (χ4v) is 3.15. The Morgan fingerprint density at radius 1 is 1.44 bits per heavy atom. The summed E-state index contributed by atoms with van der Waals surface area (Å²) in [5.41, 5.74) is 0.874. The first-order valence-electron chi connectivity index (χ1n) is 8.31. The number of amides is 3. The van der Waals surface area contributed by atoms with Gasteiger partial charge >= 0.3 is 12.0 Å². The minimum Gasteiger partial charge on any atom is -0.378 e. The highest BCUT2D eigenvalue weighted by molar-refractivity contribution is 6.23. The number of guanidine groups is 1. The molecular formula is C16H23N6O3+. The third-order valence-electron chi connectivity index (χ3n) is 4.27. The van der Waals surface area contributed by atoms with Crippen molar-refractivity contribution in [3.05, 3.63) is 12.7 Å². The largest absolute Gasteiger partial charge is 0.416 e. The van der Waals surface area contributed by atoms with Crippen LogP contribution in [0.4, 0.5) is 4.79 Å². The summed E-state index contributed by atoms with van der Waals surface area (Å²) in [7, 11) is 1.63. The predicted molar refractivity (Wildman–Crippen MR) is 92.7 cm³/mol. The lowest BCUT2D eigenvalue weighted by Crippen LogP contribution is -2.63. The molecule has 0 aromatic rings. The van der Waals surface area contributed by atoms with E-state index in [1.165, 1.54) is 9.80 Å². The highest BCUT2D eigenvalue weighted by Gasteiger charge is 2.54. The van der Waals surface area contributed by atoms with Crippen LogP contribution in [0.5, 0.6) is 0 Å². The predicted octanol–water partition coefficient (Wildman–Crippen LogP) is -0.0564. The van der Waals surface area contributed by atoms with Crippen LogP contribution in [0.3, 0.4) is 0 Å². The number of likely N-dealkylation sites (N-methyl/N-ethyl adjacent to an activating group) is 1. The molecule has 0 spiro atoms. The van der Waals surface area contributed by atoms with Gasteiger partial charge in [-0.25, -0.2) is 9.37 Å². The molecule has 1 unspecified atom stereocenters. The number of nitrogens with zero attached hydrogens (tertiary/aromatic N) is 6. The van der Waals surface area contributed by atoms with Crippen molar-refractivity contribution in [1.82, 2.24) is 14.8 Å². The van der Waals surface area contributed by atoms with Crippen LogP contribution in [0.25, 0.3) is 0 Å². The van der Waals surface area contributed by atoms with Crippen molar-refractivity contribution in [3.8, 4) is 0 Å². The van der Waals surface area contributed by atoms with Crippen LogP contribution in [0.2, 0.25) is 0 Å². The van der Waals surface area contributed by atoms with Crippen molar-refractivity contribution < 1.29 is 18.9 Å². The van der Waals surface area contributed by atoms with Gasteiger partial charge in [0.05, 0.1) is 12.3 Å². The maximum Gasteiger partial charge on any atom is 0.416 e. The maximum atomic E-state index is 12.9. The third-order valence-corrected chi connectivity index (χ3v) is 4.27. The number of carbonyl (C=O) groups is 2. The monoisotopic (exact) mass is 347 g/mol. The molecule has 0 aromatic carbocycles. The molecular weight excluding hydrogens is 324 g/mol. The summed E-state index contributed by atoms with van der Waals surface area (Å²) >= 11 is 0. The highest BCUT2D eigenvalue weighted by atomic mass is 16.5. The number of urea groups is 1. The molecule has 9 nitrogen and oxygen atoms in total. The zero-order chi connectivity index (χ0) is 18.1. The molecule has 0 aromatic heterocycles. The average molecular weight is 347 g/mol. The van der Waals surface area contributed by atoms with Crippen LogP contribution in [0.1, 0.15) is 13.8 Å². The van der Waals surface area contributed by atoms with Gasteiger partial charge < -0.3 is 4.74 Å². The molecule has 1 fully saturated rings. The minimum absolute atomic E-state index is 0.177. The number of rotatable bonds is 6. The Bertz CT molecular complexity index is 711. The van der Waals surface area contributed by atoms with Crippen molar-refractivity contribution in [2.45, 2.75) is 19.9 Å². The van der Waals surface area contributed by atoms with Crippen molar-refractivity contribution in [3.63, 3.8) is 0 Å². The molecule has 134 valence electrons. The molecule has 0 bridgehead atoms. The SMILES string of the molecule is C=CCN1C(=O)C2C(=NC3=[N+]2CC(C)=NN3CCOCC)N(C)C1=O. The van der Waals surface area contributed by atoms with Crippen LogP contribution >= 0.6 is 0 Å². The van der Waals surface area contributed by atoms with Gasteiger partial charge in [0.15, 0.2) is 0 Å². The standard InChI is InChI=1S/C16H23N6O3/c1-5-7-20-14(23)12-13(19(4)16(20)24)17-15-21(12)10-11(3)18-22(15)8-9-25-6-2/h5,12H,1,6-10H2,2-4H3/q+1. The number of ether oxygens (including phenoxy) is 1. The smallest absolute Gasteiger partial charge is 0.378 e. The quantitative estimate of drug-likeness (QED) is 0.383. The van der Waals surface area contributed by atoms with E-state index in [1.54, 1.807) is 18.1 Å². The van der Waals surface area contributed by atoms with Gasteiger partial charge in [-0.1, -0.05) is 11.1 Å². The molecule has 3 aliphatic rings. The normalized spacial score (nSPS) is 22.8. The van der Waals surface area contributed by atoms with Crippen LogP contribution in [-0.4, -0.2) is 94.8 Å². The Morgan fingerprint density at radius 2 is 2.20 bits per heavy atom. The average Bonchev–Trinajstić information content (AvgIpc) is 2.96. The lowest BCUT2D eigenvalue weighted by atomic mass is 10.1. The summed E-state index contributed by atoms with van der Waals surface area (Å²) in [5.74, 6) is 0.742. The van der Waals surface area contributed by atoms with Crippen LogP contribution in [-0.2, 0) is 9.53 Å². The Kier molecular flexibility index (Phi) is 4.67. The molecule has 9 heteroatoms. The number of amidine groups is 1. The number of aliphatic imine (C=N–C) groups is 1. The first kappa shape index (κ1) is 17.3. The lowest BCUT2D eigenvalue weighted by molar-refractivity contribution is -0.527. The maximum absolute atomic E-state index is 12.9. The van der Waals surface area contributed by atoms with Gasteiger partial charge in [-0.2, -0.15) is 0 Å². The van der Waals surface area contributed by atoms with E-state index < -0.39 is 6.04 Å². The zero-order valence-corrected chi connectivity index (χ0v) is 14.8. The molecule has 3 aliphatic heterocycles. The van der Waals surface area contributed by atoms with Crippen molar-refractivity contribution in [2.75, 3.05) is 39.9 Å². The summed E-state index contributed by atoms with van der Waals surface area (Å²) in [6.07, 6.45) is 1.54. The Morgan fingerprint density at radius 3 is 2.88 bits per heavy atom. The van der Waals surface area contributed by atoms with Crippen molar-refractivity contribution in [1.29, 1.82) is 0 Å². The molecule has 3 rings (SSSR count). The van der Waals surface area contributed by atoms with E-state index in [9.17, 15) is 9.59 Å². The summed E-state index contributed by atoms with van der Waals surface area (Å²) in [4.78, 5) is 32.5. The van der Waals surface area contributed by atoms with Crippen LogP contribution in [0.15, 0.2) is 22.7 Å². The van der Waals surface area contributed by atoms with E-state index in [0.29, 0.717) is 38.1 Å². The fraction of sp³-hybridized carbons (Fsp3) is 0.562. The van der Waals surface area contributed by atoms with Crippen molar-refractivity contribution in [2.24, 2.45) is 10.1 Å². The second kappa shape index (κ2) is 6.75. The number of hydrogen-bond acceptors (Lipinski definition) is 6. The van der Waals surface area contributed by atoms with Crippen molar-refractivity contribution >= 4 is 29.4 Å². The van der Waals surface area contributed by atoms with Gasteiger partial charge in [-0.3, -0.25) is 14.6 Å². The highest BCUT2D eigenvalue weighted by Crippen LogP contribution is 2.22. The van der Waals surface area contributed by atoms with E-state index >= 15 is 0 Å². The molecule has 3 heterocycles. The first-order chi connectivity index (χ1) is 12.0. The molecule has 0 radical (unpaired) electrons. The summed E-state index contributed by atoms with van der Waals surface area (Å²) in [6.45, 7) is 9.80. The Labute approximate surface area is 146 Å². The van der Waals surface area contributed by atoms with E-state index in [4.69, 9.17) is 4.74 Å². The first-order valence-corrected chi connectivity index (χ1v) is 8.31. The lowest BCUT2D eigenvalue weighted by Gasteiger charge is -2.33. The van der Waals surface area contributed by atoms with Gasteiger partial charge in [0.1, 0.15) is 13.1 Å². The third kappa shape index (κ3) is 2.84. The molecule has 0 N–H and O–H groups in total. The fourth-order valence-electron chi connectivity index (χ4n) is 3.15. The minimum atomic E-state index is -0.613. The number of carbonyl (C=O) groups excluding carboxylic acids is 2. The molecule has 1 saturated heterocycles. The second-order valence-corrected chi connectivity index (χ2v) is 6.03. The summed E-state index contributed by atoms with van der Waals surface area (Å²) < 4.78 is 7.30. The van der Waals surface area contributed by atoms with E-state index in [0.717, 1.165) is 5.71 Å². The molecule has 0 aliphatic carbocycles. The van der Waals surface area contributed by atoms with Gasteiger partial charge in [0.2, 0.25) is 11.9 Å². The van der Waals surface area contributed by atoms with Gasteiger partial charge in [-0.15, -0.1) is 16.7 Å². The second-order valence-electron chi connectivity index (χ2n) is 6.03. The van der Waals surface area contributed by atoms with Gasteiger partial charge in [0.25, 0.3) is 5.91 Å². The van der Waals surface area contributed by atoms with E-state index in [2.05, 4.69) is 16.7 Å². The molecule has 1 atom stereocenters. The zero-order valence-electron chi connectivity index (χ0n) is 14.8. The number of hydrazone groups is 1. The number of imide groups is 1. The topological polar surface area (TPSA) is 80.8 Å². The molecule has 0 saturated carbocycles. The van der Waals surface area contributed by atoms with Gasteiger partial charge in [-0.05, 0) is 13.8 Å². The van der Waals surface area contributed by atoms with E-state index in [-0.39, 0.29) is 18.5 Å². The van der Waals surface area contributed by atoms with Gasteiger partial charge in [0, 0.05) is 20.2 Å².